The monoisotopic (exact) mass is 934 g/mol. The van der Waals surface area contributed by atoms with Crippen molar-refractivity contribution in [2.75, 3.05) is 0 Å². The Bertz CT molecular complexity index is 1910. The van der Waals surface area contributed by atoms with Crippen LogP contribution < -0.4 is 24.8 Å². The molecule has 0 radical (unpaired) electrons. The van der Waals surface area contributed by atoms with Gasteiger partial charge in [0.25, 0.3) is 0 Å². The Hall–Kier alpha value is -2.93. The summed E-state index contributed by atoms with van der Waals surface area (Å²) in [5.74, 6) is 0. The predicted octanol–water partition coefficient (Wildman–Crippen LogP) is 11.1. The van der Waals surface area contributed by atoms with E-state index in [1.807, 2.05) is 0 Å². The van der Waals surface area contributed by atoms with E-state index in [9.17, 15) is 0 Å². The minimum atomic E-state index is 0. The third kappa shape index (κ3) is 22.6. The van der Waals surface area contributed by atoms with Crippen molar-refractivity contribution in [3.63, 3.8) is 0 Å². The van der Waals surface area contributed by atoms with Gasteiger partial charge in [-0.15, -0.1) is 162 Å². The Balaban J connectivity index is 0.000000386. The number of hydrogen-bond acceptors (Lipinski definition) is 0. The van der Waals surface area contributed by atoms with Crippen LogP contribution in [0.25, 0.3) is 43.1 Å². The molecule has 0 N–H and O–H groups in total. The Morgan fingerprint density at radius 3 is 0.694 bits per heavy atom. The molecule has 8 aromatic rings. The second-order valence-electron chi connectivity index (χ2n) is 16.4. The summed E-state index contributed by atoms with van der Waals surface area (Å²) in [6.45, 7) is 17.3. The van der Waals surface area contributed by atoms with Crippen molar-refractivity contribution in [2.45, 2.75) is 132 Å². The van der Waals surface area contributed by atoms with Crippen molar-refractivity contribution in [3.05, 3.63) is 168 Å². The fourth-order valence-corrected chi connectivity index (χ4v) is 6.96. The van der Waals surface area contributed by atoms with Crippen LogP contribution in [0.15, 0.2) is 146 Å². The van der Waals surface area contributed by atoms with E-state index in [2.05, 4.69) is 241 Å². The number of hydrogen-bond donors (Lipinski definition) is 0. The molecule has 8 rings (SSSR count). The van der Waals surface area contributed by atoms with E-state index in [1.54, 1.807) is 0 Å². The van der Waals surface area contributed by atoms with Crippen LogP contribution in [0.2, 0.25) is 0 Å². The molecule has 0 aliphatic carbocycles. The summed E-state index contributed by atoms with van der Waals surface area (Å²) < 4.78 is 2.83. The van der Waals surface area contributed by atoms with E-state index in [1.165, 1.54) is 150 Å². The molecule has 4 heteroatoms. The average Bonchev–Trinajstić information content (AvgIpc) is 4.04. The van der Waals surface area contributed by atoms with Crippen molar-refractivity contribution < 1.29 is 64.8 Å². The van der Waals surface area contributed by atoms with Crippen molar-refractivity contribution in [1.82, 2.24) is 0 Å². The summed E-state index contributed by atoms with van der Waals surface area (Å²) in [5.41, 5.74) is 5.96. The van der Waals surface area contributed by atoms with Gasteiger partial charge in [0, 0.05) is 0 Å². The number of aryl methyl sites for hydroxylation is 4. The van der Waals surface area contributed by atoms with E-state index < -0.39 is 0 Å². The number of rotatable bonds is 12. The van der Waals surface area contributed by atoms with Crippen LogP contribution in [-0.2, 0) is 65.6 Å². The summed E-state index contributed by atoms with van der Waals surface area (Å²) in [7, 11) is 0. The molecule has 328 valence electrons. The largest absolute Gasteiger partial charge is 1.00 e. The van der Waals surface area contributed by atoms with Gasteiger partial charge in [-0.05, 0) is 25.7 Å². The molecule has 0 aliphatic heterocycles. The van der Waals surface area contributed by atoms with Crippen LogP contribution >= 0.6 is 0 Å². The molecule has 0 aromatic heterocycles. The first-order valence-electron chi connectivity index (χ1n) is 22.7. The van der Waals surface area contributed by atoms with E-state index in [-0.39, 0.29) is 24.8 Å². The summed E-state index contributed by atoms with van der Waals surface area (Å²) in [6, 6.07) is 52.8. The van der Waals surface area contributed by atoms with Crippen LogP contribution in [0.3, 0.4) is 0 Å². The van der Waals surface area contributed by atoms with E-state index >= 15 is 0 Å². The standard InChI is InChI=1S/4C13H15.2C3H6.2ClH.2Ti/c4*1-2-3-6-11-9-12-7-4-5-8-13(12)10-11;2*1-3-2;;;;/h4*4-5,7-10H,2-3,6H2,1H3;2*1-2H3;2*1H;;/q4*-1;;;;;2*+2/p-2. The summed E-state index contributed by atoms with van der Waals surface area (Å²) in [5, 5.41) is 11.1. The third-order valence-corrected chi connectivity index (χ3v) is 9.99. The number of unbranched alkanes of at least 4 members (excludes halogenated alkanes) is 4. The number of halogens is 2. The zero-order valence-electron chi connectivity index (χ0n) is 39.1. The van der Waals surface area contributed by atoms with Gasteiger partial charge in [0.05, 0.1) is 0 Å². The molecule has 0 saturated carbocycles. The van der Waals surface area contributed by atoms with Crippen LogP contribution in [0.5, 0.6) is 0 Å². The topological polar surface area (TPSA) is 0 Å². The van der Waals surface area contributed by atoms with Crippen LogP contribution in [0.4, 0.5) is 0 Å². The Kier molecular flexibility index (Phi) is 30.9. The van der Waals surface area contributed by atoms with Crippen LogP contribution in [-0.4, -0.2) is 7.62 Å². The molecule has 62 heavy (non-hydrogen) atoms. The van der Waals surface area contributed by atoms with Gasteiger partial charge >= 0.3 is 75.3 Å². The molecule has 0 aliphatic rings. The van der Waals surface area contributed by atoms with E-state index in [0.29, 0.717) is 0 Å². The smallest absolute Gasteiger partial charge is 1.00 e. The second-order valence-corrected chi connectivity index (χ2v) is 19.5. The van der Waals surface area contributed by atoms with Crippen molar-refractivity contribution in [2.24, 2.45) is 0 Å². The molecule has 8 aromatic carbocycles. The normalized spacial score (nSPS) is 10.0. The molecule has 0 saturated heterocycles. The maximum absolute atomic E-state index is 2.31. The molecular formula is C58H72Cl2Ti2-2. The molecule has 0 atom stereocenters. The first kappa shape index (κ1) is 57.1. The van der Waals surface area contributed by atoms with Gasteiger partial charge in [-0.3, -0.25) is 0 Å². The van der Waals surface area contributed by atoms with Crippen LogP contribution in [0, 0.1) is 0 Å². The average molecular weight is 936 g/mol. The van der Waals surface area contributed by atoms with E-state index in [0.717, 1.165) is 0 Å². The van der Waals surface area contributed by atoms with Gasteiger partial charge in [0.2, 0.25) is 0 Å². The van der Waals surface area contributed by atoms with Crippen LogP contribution in [0.1, 0.15) is 129 Å². The molecule has 0 nitrogen and oxygen atoms in total. The Morgan fingerprint density at radius 1 is 0.355 bits per heavy atom. The van der Waals surface area contributed by atoms with Crippen molar-refractivity contribution in [3.8, 4) is 0 Å². The van der Waals surface area contributed by atoms with Gasteiger partial charge in [-0.25, -0.2) is 0 Å². The Labute approximate surface area is 412 Å². The van der Waals surface area contributed by atoms with Crippen molar-refractivity contribution >= 4 is 50.7 Å². The second kappa shape index (κ2) is 33.6. The minimum absolute atomic E-state index is 0. The van der Waals surface area contributed by atoms with Gasteiger partial charge in [-0.1, -0.05) is 103 Å². The first-order chi connectivity index (χ1) is 29.1. The zero-order chi connectivity index (χ0) is 43.5. The van der Waals surface area contributed by atoms with E-state index in [4.69, 9.17) is 0 Å². The number of benzene rings is 4. The fourth-order valence-electron chi connectivity index (χ4n) is 6.96. The van der Waals surface area contributed by atoms with Gasteiger partial charge in [0.1, 0.15) is 0 Å². The molecule has 0 amide bonds. The van der Waals surface area contributed by atoms with Gasteiger partial charge in [-0.2, -0.15) is 24.3 Å². The minimum Gasteiger partial charge on any atom is -1.00 e. The third-order valence-electron chi connectivity index (χ3n) is 9.99. The molecule has 0 bridgehead atoms. The molecule has 0 heterocycles. The van der Waals surface area contributed by atoms with Crippen molar-refractivity contribution in [1.29, 1.82) is 0 Å². The molecule has 0 spiro atoms. The first-order valence-corrected chi connectivity index (χ1v) is 24.2. The van der Waals surface area contributed by atoms with Gasteiger partial charge in [0.15, 0.2) is 0 Å². The zero-order valence-corrected chi connectivity index (χ0v) is 43.7. The maximum atomic E-state index is 2.31. The molecule has 0 fully saturated rings. The maximum Gasteiger partial charge on any atom is -1.00 e. The molecular weight excluding hydrogens is 863 g/mol. The number of fused-ring (bicyclic) bond motifs is 4. The SMILES string of the molecule is CCCCc1cc2ccccc2[cH-]1.CCCCc1cc2ccccc2[cH-]1.CCCCc1cc2ccccc2[cH-]1.CCCCc1cc2ccccc2[cH-]1.C[C](C)=[Ti+2].C[C](C)=[Ti+2].[Cl-].[Cl-]. The molecule has 0 unspecified atom stereocenters. The quantitative estimate of drug-likeness (QED) is 0.0846. The summed E-state index contributed by atoms with van der Waals surface area (Å²) in [6.07, 6.45) is 15.2. The summed E-state index contributed by atoms with van der Waals surface area (Å²) >= 11 is 4.17. The fraction of sp³-hybridized carbons (Fsp3) is 0.345. The predicted molar refractivity (Wildman–Crippen MR) is 265 cm³/mol. The Morgan fingerprint density at radius 2 is 0.532 bits per heavy atom. The van der Waals surface area contributed by atoms with Gasteiger partial charge < -0.3 is 24.8 Å². The summed E-state index contributed by atoms with van der Waals surface area (Å²) in [4.78, 5) is 0.